The molecule has 1 amide bonds. The van der Waals surface area contributed by atoms with Crippen LogP contribution < -0.4 is 4.74 Å². The lowest BCUT2D eigenvalue weighted by atomic mass is 10.1. The molecule has 0 radical (unpaired) electrons. The van der Waals surface area contributed by atoms with Crippen molar-refractivity contribution in [3.8, 4) is 5.75 Å². The smallest absolute Gasteiger partial charge is 0.222 e. The van der Waals surface area contributed by atoms with Gasteiger partial charge >= 0.3 is 0 Å². The summed E-state index contributed by atoms with van der Waals surface area (Å²) < 4.78 is 5.17. The third-order valence-electron chi connectivity index (χ3n) is 4.62. The van der Waals surface area contributed by atoms with Crippen LogP contribution in [0.2, 0.25) is 0 Å². The Bertz CT molecular complexity index is 465. The highest BCUT2D eigenvalue weighted by atomic mass is 16.5. The molecule has 0 spiro atoms. The Morgan fingerprint density at radius 1 is 1.00 bits per heavy atom. The van der Waals surface area contributed by atoms with Gasteiger partial charge in [0.25, 0.3) is 0 Å². The van der Waals surface area contributed by atoms with Gasteiger partial charge in [0.05, 0.1) is 7.11 Å². The highest BCUT2D eigenvalue weighted by molar-refractivity contribution is 5.76. The molecule has 4 heteroatoms. The number of ether oxygens (including phenoxy) is 1. The molecule has 1 saturated heterocycles. The zero-order valence-electron chi connectivity index (χ0n) is 14.6. The van der Waals surface area contributed by atoms with E-state index in [1.807, 2.05) is 17.0 Å². The number of methoxy groups -OCH3 is 1. The first-order valence-corrected chi connectivity index (χ1v) is 8.78. The van der Waals surface area contributed by atoms with E-state index in [-0.39, 0.29) is 0 Å². The molecule has 1 aromatic rings. The van der Waals surface area contributed by atoms with E-state index >= 15 is 0 Å². The van der Waals surface area contributed by atoms with E-state index in [9.17, 15) is 4.79 Å². The van der Waals surface area contributed by atoms with Gasteiger partial charge in [-0.1, -0.05) is 25.0 Å². The molecule has 1 aliphatic rings. The first-order valence-electron chi connectivity index (χ1n) is 8.78. The van der Waals surface area contributed by atoms with Gasteiger partial charge < -0.3 is 14.5 Å². The highest BCUT2D eigenvalue weighted by Crippen LogP contribution is 2.14. The third-order valence-corrected chi connectivity index (χ3v) is 4.62. The van der Waals surface area contributed by atoms with Crippen LogP contribution in [0.1, 0.15) is 37.7 Å². The van der Waals surface area contributed by atoms with Crippen LogP contribution >= 0.6 is 0 Å². The molecule has 0 aliphatic carbocycles. The van der Waals surface area contributed by atoms with E-state index < -0.39 is 0 Å². The molecule has 0 saturated carbocycles. The molecule has 1 aromatic carbocycles. The van der Waals surface area contributed by atoms with E-state index in [4.69, 9.17) is 4.74 Å². The van der Waals surface area contributed by atoms with Crippen LogP contribution in [0.4, 0.5) is 0 Å². The first kappa shape index (κ1) is 17.8. The standard InChI is InChI=1S/C19H30N2O2/c1-20-13-15-21(16-14-20)19(22)8-6-4-3-5-7-17-9-11-18(23-2)12-10-17/h9-12H,3-8,13-16H2,1-2H3. The van der Waals surface area contributed by atoms with Crippen LogP contribution in [-0.2, 0) is 11.2 Å². The molecule has 128 valence electrons. The molecular weight excluding hydrogens is 288 g/mol. The zero-order chi connectivity index (χ0) is 16.5. The minimum Gasteiger partial charge on any atom is -0.497 e. The molecule has 0 unspecified atom stereocenters. The highest BCUT2D eigenvalue weighted by Gasteiger charge is 2.18. The second-order valence-electron chi connectivity index (χ2n) is 6.45. The Balaban J connectivity index is 1.52. The van der Waals surface area contributed by atoms with Gasteiger partial charge in [-0.3, -0.25) is 4.79 Å². The van der Waals surface area contributed by atoms with Gasteiger partial charge in [-0.05, 0) is 44.0 Å². The zero-order valence-corrected chi connectivity index (χ0v) is 14.6. The minimum atomic E-state index is 0.341. The number of hydrogen-bond acceptors (Lipinski definition) is 3. The van der Waals surface area contributed by atoms with Crippen LogP contribution in [0, 0.1) is 0 Å². The van der Waals surface area contributed by atoms with Gasteiger partial charge in [-0.25, -0.2) is 0 Å². The van der Waals surface area contributed by atoms with Crippen molar-refractivity contribution in [3.63, 3.8) is 0 Å². The molecule has 2 rings (SSSR count). The Morgan fingerprint density at radius 3 is 2.30 bits per heavy atom. The topological polar surface area (TPSA) is 32.8 Å². The van der Waals surface area contributed by atoms with Gasteiger partial charge in [0.1, 0.15) is 5.75 Å². The first-order chi connectivity index (χ1) is 11.2. The average molecular weight is 318 g/mol. The van der Waals surface area contributed by atoms with Crippen molar-refractivity contribution in [2.75, 3.05) is 40.3 Å². The van der Waals surface area contributed by atoms with Gasteiger partial charge in [-0.2, -0.15) is 0 Å². The summed E-state index contributed by atoms with van der Waals surface area (Å²) in [5.41, 5.74) is 1.36. The molecule has 4 nitrogen and oxygen atoms in total. The number of hydrogen-bond donors (Lipinski definition) is 0. The van der Waals surface area contributed by atoms with Crippen molar-refractivity contribution >= 4 is 5.91 Å². The van der Waals surface area contributed by atoms with Crippen LogP contribution in [-0.4, -0.2) is 56.0 Å². The number of likely N-dealkylation sites (N-methyl/N-ethyl adjacent to an activating group) is 1. The van der Waals surface area contributed by atoms with Crippen molar-refractivity contribution in [3.05, 3.63) is 29.8 Å². The molecular formula is C19H30N2O2. The minimum absolute atomic E-state index is 0.341. The predicted molar refractivity (Wildman–Crippen MR) is 93.9 cm³/mol. The molecule has 0 N–H and O–H groups in total. The number of piperazine rings is 1. The van der Waals surface area contributed by atoms with Gasteiger partial charge in [0, 0.05) is 32.6 Å². The van der Waals surface area contributed by atoms with Crippen molar-refractivity contribution in [2.24, 2.45) is 0 Å². The van der Waals surface area contributed by atoms with E-state index in [2.05, 4.69) is 24.1 Å². The lowest BCUT2D eigenvalue weighted by molar-refractivity contribution is -0.132. The molecule has 1 fully saturated rings. The second kappa shape index (κ2) is 9.56. The summed E-state index contributed by atoms with van der Waals surface area (Å²) in [6.45, 7) is 3.81. The summed E-state index contributed by atoms with van der Waals surface area (Å²) in [6.07, 6.45) is 6.38. The molecule has 23 heavy (non-hydrogen) atoms. The maximum Gasteiger partial charge on any atom is 0.222 e. The number of benzene rings is 1. The molecule has 0 bridgehead atoms. The third kappa shape index (κ3) is 6.22. The monoisotopic (exact) mass is 318 g/mol. The van der Waals surface area contributed by atoms with E-state index in [0.717, 1.165) is 51.2 Å². The number of carbonyl (C=O) groups is 1. The largest absolute Gasteiger partial charge is 0.497 e. The van der Waals surface area contributed by atoms with Crippen molar-refractivity contribution in [1.29, 1.82) is 0 Å². The van der Waals surface area contributed by atoms with Crippen LogP contribution in [0.5, 0.6) is 5.75 Å². The summed E-state index contributed by atoms with van der Waals surface area (Å²) in [5.74, 6) is 1.25. The molecule has 0 atom stereocenters. The Labute approximate surface area is 140 Å². The molecule has 1 heterocycles. The van der Waals surface area contributed by atoms with Gasteiger partial charge in [-0.15, -0.1) is 0 Å². The molecule has 0 aromatic heterocycles. The number of nitrogens with zero attached hydrogens (tertiary/aromatic N) is 2. The summed E-state index contributed by atoms with van der Waals surface area (Å²) in [7, 11) is 3.81. The molecule has 1 aliphatic heterocycles. The number of aryl methyl sites for hydroxylation is 1. The van der Waals surface area contributed by atoms with Crippen LogP contribution in [0.15, 0.2) is 24.3 Å². The van der Waals surface area contributed by atoms with Crippen LogP contribution in [0.25, 0.3) is 0 Å². The lowest BCUT2D eigenvalue weighted by Crippen LogP contribution is -2.47. The summed E-state index contributed by atoms with van der Waals surface area (Å²) in [5, 5.41) is 0. The van der Waals surface area contributed by atoms with Crippen molar-refractivity contribution < 1.29 is 9.53 Å². The normalized spacial score (nSPS) is 15.7. The number of rotatable bonds is 8. The number of amides is 1. The Hall–Kier alpha value is -1.55. The van der Waals surface area contributed by atoms with Gasteiger partial charge in [0.15, 0.2) is 0 Å². The van der Waals surface area contributed by atoms with Crippen molar-refractivity contribution in [2.45, 2.75) is 38.5 Å². The summed E-state index contributed by atoms with van der Waals surface area (Å²) in [6, 6.07) is 8.31. The maximum absolute atomic E-state index is 12.1. The summed E-state index contributed by atoms with van der Waals surface area (Å²) in [4.78, 5) is 16.4. The van der Waals surface area contributed by atoms with Crippen LogP contribution in [0.3, 0.4) is 0 Å². The number of unbranched alkanes of at least 4 members (excludes halogenated alkanes) is 3. The fourth-order valence-corrected chi connectivity index (χ4v) is 2.97. The Morgan fingerprint density at radius 2 is 1.65 bits per heavy atom. The summed E-state index contributed by atoms with van der Waals surface area (Å²) >= 11 is 0. The van der Waals surface area contributed by atoms with Crippen molar-refractivity contribution in [1.82, 2.24) is 9.80 Å². The fourth-order valence-electron chi connectivity index (χ4n) is 2.97. The van der Waals surface area contributed by atoms with Gasteiger partial charge in [0.2, 0.25) is 5.91 Å². The van der Waals surface area contributed by atoms with E-state index in [0.29, 0.717) is 12.3 Å². The predicted octanol–water partition coefficient (Wildman–Crippen LogP) is 2.96. The lowest BCUT2D eigenvalue weighted by Gasteiger charge is -2.32. The maximum atomic E-state index is 12.1. The number of carbonyl (C=O) groups excluding carboxylic acids is 1. The van der Waals surface area contributed by atoms with E-state index in [1.165, 1.54) is 18.4 Å². The SMILES string of the molecule is COc1ccc(CCCCCCC(=O)N2CCN(C)CC2)cc1. The second-order valence-corrected chi connectivity index (χ2v) is 6.45. The quantitative estimate of drug-likeness (QED) is 0.691. The fraction of sp³-hybridized carbons (Fsp3) is 0.632. The Kier molecular flexibility index (Phi) is 7.40. The van der Waals surface area contributed by atoms with E-state index in [1.54, 1.807) is 7.11 Å². The average Bonchev–Trinajstić information content (AvgIpc) is 2.59.